The highest BCUT2D eigenvalue weighted by Gasteiger charge is 2.16. The van der Waals surface area contributed by atoms with E-state index in [4.69, 9.17) is 10.3 Å². The summed E-state index contributed by atoms with van der Waals surface area (Å²) in [4.78, 5) is 16.1. The van der Waals surface area contributed by atoms with Crippen LogP contribution in [0.4, 0.5) is 5.69 Å². The molecule has 2 aromatic rings. The molecule has 1 aromatic heterocycles. The third-order valence-electron chi connectivity index (χ3n) is 2.70. The van der Waals surface area contributed by atoms with Gasteiger partial charge in [-0.3, -0.25) is 4.79 Å². The summed E-state index contributed by atoms with van der Waals surface area (Å²) in [6, 6.07) is 6.55. The van der Waals surface area contributed by atoms with Gasteiger partial charge in [0.25, 0.3) is 5.89 Å². The molecule has 6 nitrogen and oxygen atoms in total. The van der Waals surface area contributed by atoms with Gasteiger partial charge in [-0.05, 0) is 25.5 Å². The molecule has 0 bridgehead atoms. The Morgan fingerprint density at radius 3 is 2.95 bits per heavy atom. The van der Waals surface area contributed by atoms with Gasteiger partial charge in [0, 0.05) is 0 Å². The van der Waals surface area contributed by atoms with Crippen LogP contribution in [0.15, 0.2) is 41.4 Å². The molecule has 0 saturated carbocycles. The molecular weight excluding hydrogens is 256 g/mol. The zero-order valence-electron chi connectivity index (χ0n) is 11.2. The van der Waals surface area contributed by atoms with Gasteiger partial charge in [-0.1, -0.05) is 23.4 Å². The molecule has 3 N–H and O–H groups in total. The van der Waals surface area contributed by atoms with E-state index >= 15 is 0 Å². The van der Waals surface area contributed by atoms with E-state index in [2.05, 4.69) is 22.0 Å². The van der Waals surface area contributed by atoms with Crippen LogP contribution in [0.25, 0.3) is 11.5 Å². The van der Waals surface area contributed by atoms with E-state index in [1.54, 1.807) is 31.2 Å². The van der Waals surface area contributed by atoms with Gasteiger partial charge < -0.3 is 15.6 Å². The van der Waals surface area contributed by atoms with Crippen LogP contribution >= 0.6 is 0 Å². The predicted molar refractivity (Wildman–Crippen MR) is 75.9 cm³/mol. The first-order valence-electron chi connectivity index (χ1n) is 6.19. The molecule has 6 heteroatoms. The van der Waals surface area contributed by atoms with Crippen molar-refractivity contribution in [1.29, 1.82) is 0 Å². The maximum atomic E-state index is 11.9. The Morgan fingerprint density at radius 1 is 1.55 bits per heavy atom. The fourth-order valence-corrected chi connectivity index (χ4v) is 1.70. The van der Waals surface area contributed by atoms with E-state index in [0.717, 1.165) is 0 Å². The lowest BCUT2D eigenvalue weighted by Gasteiger charge is -2.12. The van der Waals surface area contributed by atoms with Crippen LogP contribution in [-0.2, 0) is 4.79 Å². The predicted octanol–water partition coefficient (Wildman–Crippen LogP) is 1.89. The van der Waals surface area contributed by atoms with Gasteiger partial charge in [-0.15, -0.1) is 6.58 Å². The quantitative estimate of drug-likeness (QED) is 0.810. The standard InChI is InChI=1S/C14H16N4O2/c1-3-6-11(15)13(19)17-12-8-5-4-7-10(12)14-16-9(2)18-20-14/h3-5,7-8,11H,1,6,15H2,2H3,(H,17,19). The second kappa shape index (κ2) is 6.12. The summed E-state index contributed by atoms with van der Waals surface area (Å²) in [7, 11) is 0. The first-order chi connectivity index (χ1) is 9.61. The Morgan fingerprint density at radius 2 is 2.30 bits per heavy atom. The lowest BCUT2D eigenvalue weighted by molar-refractivity contribution is -0.117. The number of nitrogens with one attached hydrogen (secondary N) is 1. The van der Waals surface area contributed by atoms with Crippen LogP contribution in [0.3, 0.4) is 0 Å². The molecule has 1 unspecified atom stereocenters. The van der Waals surface area contributed by atoms with Crippen molar-refractivity contribution in [3.8, 4) is 11.5 Å². The minimum Gasteiger partial charge on any atom is -0.334 e. The third-order valence-corrected chi connectivity index (χ3v) is 2.70. The molecule has 104 valence electrons. The first-order valence-corrected chi connectivity index (χ1v) is 6.19. The minimum absolute atomic E-state index is 0.284. The third kappa shape index (κ3) is 3.10. The van der Waals surface area contributed by atoms with Crippen molar-refractivity contribution in [2.24, 2.45) is 5.73 Å². The van der Waals surface area contributed by atoms with Crippen molar-refractivity contribution < 1.29 is 9.32 Å². The van der Waals surface area contributed by atoms with E-state index in [9.17, 15) is 4.79 Å². The van der Waals surface area contributed by atoms with Gasteiger partial charge in [0.15, 0.2) is 5.82 Å². The Kier molecular flexibility index (Phi) is 4.27. The second-order valence-corrected chi connectivity index (χ2v) is 4.31. The average molecular weight is 272 g/mol. The lowest BCUT2D eigenvalue weighted by Crippen LogP contribution is -2.35. The number of para-hydroxylation sites is 1. The largest absolute Gasteiger partial charge is 0.334 e. The fourth-order valence-electron chi connectivity index (χ4n) is 1.70. The van der Waals surface area contributed by atoms with E-state index < -0.39 is 6.04 Å². The number of carbonyl (C=O) groups excluding carboxylic acids is 1. The number of carbonyl (C=O) groups is 1. The summed E-state index contributed by atoms with van der Waals surface area (Å²) < 4.78 is 5.12. The van der Waals surface area contributed by atoms with E-state index in [0.29, 0.717) is 29.4 Å². The number of rotatable bonds is 5. The van der Waals surface area contributed by atoms with Crippen LogP contribution < -0.4 is 11.1 Å². The molecule has 20 heavy (non-hydrogen) atoms. The average Bonchev–Trinajstić information content (AvgIpc) is 2.86. The van der Waals surface area contributed by atoms with Crippen LogP contribution in [0.1, 0.15) is 12.2 Å². The van der Waals surface area contributed by atoms with Crippen LogP contribution in [0.2, 0.25) is 0 Å². The molecule has 1 heterocycles. The molecule has 0 aliphatic rings. The number of anilines is 1. The van der Waals surface area contributed by atoms with Crippen LogP contribution in [-0.4, -0.2) is 22.1 Å². The zero-order chi connectivity index (χ0) is 14.5. The molecule has 0 aliphatic carbocycles. The van der Waals surface area contributed by atoms with Gasteiger partial charge in [-0.2, -0.15) is 4.98 Å². The highest BCUT2D eigenvalue weighted by atomic mass is 16.5. The van der Waals surface area contributed by atoms with E-state index in [1.807, 2.05) is 6.07 Å². The van der Waals surface area contributed by atoms with E-state index in [1.165, 1.54) is 0 Å². The van der Waals surface area contributed by atoms with Crippen molar-refractivity contribution in [3.05, 3.63) is 42.7 Å². The van der Waals surface area contributed by atoms with E-state index in [-0.39, 0.29) is 5.91 Å². The summed E-state index contributed by atoms with van der Waals surface area (Å²) in [6.45, 7) is 5.30. The zero-order valence-corrected chi connectivity index (χ0v) is 11.2. The minimum atomic E-state index is -0.634. The summed E-state index contributed by atoms with van der Waals surface area (Å²) >= 11 is 0. The summed E-state index contributed by atoms with van der Waals surface area (Å²) in [6.07, 6.45) is 2.02. The Balaban J connectivity index is 2.24. The fraction of sp³-hybridized carbons (Fsp3) is 0.214. The van der Waals surface area contributed by atoms with Crippen molar-refractivity contribution in [2.45, 2.75) is 19.4 Å². The molecule has 0 radical (unpaired) electrons. The van der Waals surface area contributed by atoms with Crippen molar-refractivity contribution in [2.75, 3.05) is 5.32 Å². The normalized spacial score (nSPS) is 11.9. The number of benzene rings is 1. The Labute approximate surface area is 116 Å². The topological polar surface area (TPSA) is 94.0 Å². The molecule has 0 saturated heterocycles. The summed E-state index contributed by atoms with van der Waals surface area (Å²) in [5.74, 6) is 0.605. The molecule has 0 fully saturated rings. The number of aryl methyl sites for hydroxylation is 1. The van der Waals surface area contributed by atoms with Gasteiger partial charge in [0.2, 0.25) is 5.91 Å². The molecule has 1 aromatic carbocycles. The molecule has 0 aliphatic heterocycles. The van der Waals surface area contributed by atoms with Gasteiger partial charge in [-0.25, -0.2) is 0 Å². The van der Waals surface area contributed by atoms with Crippen molar-refractivity contribution in [3.63, 3.8) is 0 Å². The first kappa shape index (κ1) is 14.0. The molecule has 1 amide bonds. The molecular formula is C14H16N4O2. The maximum absolute atomic E-state index is 11.9. The van der Waals surface area contributed by atoms with Crippen molar-refractivity contribution in [1.82, 2.24) is 10.1 Å². The lowest BCUT2D eigenvalue weighted by atomic mass is 10.1. The number of nitrogens with zero attached hydrogens (tertiary/aromatic N) is 2. The Bertz CT molecular complexity index is 621. The smallest absolute Gasteiger partial charge is 0.260 e. The number of nitrogens with two attached hydrogens (primary N) is 1. The summed E-state index contributed by atoms with van der Waals surface area (Å²) in [5.41, 5.74) is 6.98. The summed E-state index contributed by atoms with van der Waals surface area (Å²) in [5, 5.41) is 6.50. The van der Waals surface area contributed by atoms with Crippen molar-refractivity contribution >= 4 is 11.6 Å². The second-order valence-electron chi connectivity index (χ2n) is 4.31. The van der Waals surface area contributed by atoms with Gasteiger partial charge >= 0.3 is 0 Å². The number of hydrogen-bond acceptors (Lipinski definition) is 5. The number of aromatic nitrogens is 2. The van der Waals surface area contributed by atoms with Gasteiger partial charge in [0.05, 0.1) is 17.3 Å². The highest BCUT2D eigenvalue weighted by Crippen LogP contribution is 2.26. The highest BCUT2D eigenvalue weighted by molar-refractivity contribution is 5.97. The molecule has 1 atom stereocenters. The van der Waals surface area contributed by atoms with Gasteiger partial charge in [0.1, 0.15) is 0 Å². The Hall–Kier alpha value is -2.47. The number of amides is 1. The number of hydrogen-bond donors (Lipinski definition) is 2. The van der Waals surface area contributed by atoms with Crippen LogP contribution in [0.5, 0.6) is 0 Å². The molecule has 0 spiro atoms. The SMILES string of the molecule is C=CCC(N)C(=O)Nc1ccccc1-c1nc(C)no1. The maximum Gasteiger partial charge on any atom is 0.260 e. The monoisotopic (exact) mass is 272 g/mol. The van der Waals surface area contributed by atoms with Crippen LogP contribution in [0, 0.1) is 6.92 Å². The molecule has 2 rings (SSSR count).